The van der Waals surface area contributed by atoms with Crippen LogP contribution in [0.5, 0.6) is 0 Å². The van der Waals surface area contributed by atoms with E-state index >= 15 is 0 Å². The molecule has 0 fully saturated rings. The van der Waals surface area contributed by atoms with Crippen LogP contribution in [0.1, 0.15) is 27.3 Å². The SMILES string of the molecule is Cc1cc(/C=C(\Sc2nnc(-c3ccc(Cl)cc3)o2)C(=O)O)c(C)n1-c1ccc(C(=O)O)cc1. The third kappa shape index (κ3) is 4.90. The molecule has 2 heterocycles. The van der Waals surface area contributed by atoms with Gasteiger partial charge in [0.05, 0.1) is 5.56 Å². The van der Waals surface area contributed by atoms with Gasteiger partial charge >= 0.3 is 11.9 Å². The molecule has 10 heteroatoms. The summed E-state index contributed by atoms with van der Waals surface area (Å²) in [6.07, 6.45) is 1.55. The second-order valence-electron chi connectivity index (χ2n) is 7.31. The zero-order valence-corrected chi connectivity index (χ0v) is 19.6. The number of aromatic nitrogens is 3. The van der Waals surface area contributed by atoms with Gasteiger partial charge in [0, 0.05) is 27.7 Å². The highest BCUT2D eigenvalue weighted by atomic mass is 35.5. The molecule has 0 atom stereocenters. The van der Waals surface area contributed by atoms with Crippen LogP contribution in [0, 0.1) is 13.8 Å². The quantitative estimate of drug-likeness (QED) is 0.247. The van der Waals surface area contributed by atoms with Crippen LogP contribution in [-0.4, -0.2) is 36.9 Å². The molecule has 0 amide bonds. The average Bonchev–Trinajstić information content (AvgIpc) is 3.38. The van der Waals surface area contributed by atoms with Gasteiger partial charge in [0.25, 0.3) is 5.22 Å². The van der Waals surface area contributed by atoms with Gasteiger partial charge in [0.15, 0.2) is 0 Å². The summed E-state index contributed by atoms with van der Waals surface area (Å²) in [5, 5.41) is 27.5. The van der Waals surface area contributed by atoms with Crippen molar-refractivity contribution in [2.45, 2.75) is 19.1 Å². The van der Waals surface area contributed by atoms with Gasteiger partial charge in [-0.2, -0.15) is 0 Å². The van der Waals surface area contributed by atoms with Gasteiger partial charge in [-0.15, -0.1) is 10.2 Å². The number of carboxylic acid groups (broad SMARTS) is 2. The molecule has 0 saturated carbocycles. The molecular formula is C24H18ClN3O5S. The third-order valence-corrected chi connectivity index (χ3v) is 6.14. The lowest BCUT2D eigenvalue weighted by Crippen LogP contribution is -2.01. The molecule has 2 aromatic carbocycles. The Morgan fingerprint density at radius 2 is 1.71 bits per heavy atom. The highest BCUT2D eigenvalue weighted by Crippen LogP contribution is 2.32. The molecule has 0 saturated heterocycles. The number of hydrogen-bond donors (Lipinski definition) is 2. The number of aryl methyl sites for hydroxylation is 1. The molecule has 0 aliphatic carbocycles. The maximum atomic E-state index is 11.9. The van der Waals surface area contributed by atoms with Crippen LogP contribution in [0.3, 0.4) is 0 Å². The second-order valence-corrected chi connectivity index (χ2v) is 8.74. The molecule has 0 aliphatic rings. The first kappa shape index (κ1) is 23.3. The lowest BCUT2D eigenvalue weighted by molar-refractivity contribution is -0.131. The lowest BCUT2D eigenvalue weighted by Gasteiger charge is -2.10. The Balaban J connectivity index is 1.63. The minimum absolute atomic E-state index is 0.00720. The summed E-state index contributed by atoms with van der Waals surface area (Å²) >= 11 is 6.76. The van der Waals surface area contributed by atoms with Crippen LogP contribution in [0.2, 0.25) is 5.02 Å². The summed E-state index contributed by atoms with van der Waals surface area (Å²) in [5.74, 6) is -1.88. The minimum atomic E-state index is -1.13. The van der Waals surface area contributed by atoms with Crippen LogP contribution in [0.25, 0.3) is 23.2 Å². The van der Waals surface area contributed by atoms with Gasteiger partial charge in [-0.05, 0) is 91.8 Å². The van der Waals surface area contributed by atoms with E-state index in [1.165, 1.54) is 12.1 Å². The van der Waals surface area contributed by atoms with E-state index in [-0.39, 0.29) is 21.6 Å². The Hall–Kier alpha value is -3.82. The molecule has 34 heavy (non-hydrogen) atoms. The van der Waals surface area contributed by atoms with E-state index in [0.717, 1.165) is 28.8 Å². The highest BCUT2D eigenvalue weighted by molar-refractivity contribution is 8.03. The minimum Gasteiger partial charge on any atom is -0.478 e. The van der Waals surface area contributed by atoms with E-state index in [4.69, 9.17) is 21.1 Å². The maximum Gasteiger partial charge on any atom is 0.342 e. The number of carbonyl (C=O) groups is 2. The van der Waals surface area contributed by atoms with Crippen LogP contribution < -0.4 is 0 Å². The van der Waals surface area contributed by atoms with E-state index in [9.17, 15) is 14.7 Å². The zero-order valence-electron chi connectivity index (χ0n) is 18.0. The molecular weight excluding hydrogens is 478 g/mol. The number of nitrogens with zero attached hydrogens (tertiary/aromatic N) is 3. The van der Waals surface area contributed by atoms with Gasteiger partial charge in [-0.3, -0.25) is 0 Å². The topological polar surface area (TPSA) is 118 Å². The maximum absolute atomic E-state index is 11.9. The molecule has 4 aromatic rings. The summed E-state index contributed by atoms with van der Waals surface area (Å²) in [6.45, 7) is 3.75. The number of aromatic carboxylic acids is 1. The van der Waals surface area contributed by atoms with Gasteiger partial charge in [-0.25, -0.2) is 9.59 Å². The van der Waals surface area contributed by atoms with E-state index in [2.05, 4.69) is 10.2 Å². The highest BCUT2D eigenvalue weighted by Gasteiger charge is 2.18. The first-order valence-corrected chi connectivity index (χ1v) is 11.2. The van der Waals surface area contributed by atoms with Crippen LogP contribution in [0.4, 0.5) is 0 Å². The molecule has 0 radical (unpaired) electrons. The van der Waals surface area contributed by atoms with Gasteiger partial charge in [-0.1, -0.05) is 11.6 Å². The predicted molar refractivity (Wildman–Crippen MR) is 128 cm³/mol. The molecule has 0 unspecified atom stereocenters. The predicted octanol–water partition coefficient (Wildman–Crippen LogP) is 5.71. The van der Waals surface area contributed by atoms with Crippen LogP contribution >= 0.6 is 23.4 Å². The number of carboxylic acids is 2. The number of hydrogen-bond acceptors (Lipinski definition) is 6. The smallest absolute Gasteiger partial charge is 0.342 e. The number of rotatable bonds is 7. The largest absolute Gasteiger partial charge is 0.478 e. The lowest BCUT2D eigenvalue weighted by atomic mass is 10.2. The summed E-state index contributed by atoms with van der Waals surface area (Å²) in [5.41, 5.74) is 3.99. The summed E-state index contributed by atoms with van der Waals surface area (Å²) in [6, 6.07) is 15.2. The van der Waals surface area contributed by atoms with Crippen molar-refractivity contribution in [3.05, 3.63) is 87.0 Å². The second kappa shape index (κ2) is 9.58. The summed E-state index contributed by atoms with van der Waals surface area (Å²) < 4.78 is 7.55. The Kier molecular flexibility index (Phi) is 6.58. The van der Waals surface area contributed by atoms with Crippen molar-refractivity contribution < 1.29 is 24.2 Å². The standard InChI is InChI=1S/C24H18ClN3O5S/c1-13-11-17(14(2)28(13)19-9-5-16(6-10-19)22(29)30)12-20(23(31)32)34-24-27-26-21(33-24)15-3-7-18(25)8-4-15/h3-12H,1-2H3,(H,29,30)(H,31,32)/b20-12-. The van der Waals surface area contributed by atoms with E-state index in [0.29, 0.717) is 16.1 Å². The van der Waals surface area contributed by atoms with Crippen molar-refractivity contribution in [3.8, 4) is 17.1 Å². The third-order valence-electron chi connectivity index (χ3n) is 5.04. The van der Waals surface area contributed by atoms with Crippen molar-refractivity contribution in [3.63, 3.8) is 0 Å². The van der Waals surface area contributed by atoms with Crippen molar-refractivity contribution in [2.24, 2.45) is 0 Å². The first-order valence-electron chi connectivity index (χ1n) is 9.98. The van der Waals surface area contributed by atoms with Gasteiger partial charge in [0.2, 0.25) is 5.89 Å². The van der Waals surface area contributed by atoms with Crippen molar-refractivity contribution in [2.75, 3.05) is 0 Å². The molecule has 0 spiro atoms. The number of benzene rings is 2. The number of halogens is 1. The molecule has 172 valence electrons. The first-order chi connectivity index (χ1) is 16.2. The van der Waals surface area contributed by atoms with E-state index in [1.54, 1.807) is 42.5 Å². The van der Waals surface area contributed by atoms with Crippen LogP contribution in [-0.2, 0) is 4.79 Å². The normalized spacial score (nSPS) is 11.6. The number of thioether (sulfide) groups is 1. The van der Waals surface area contributed by atoms with Crippen molar-refractivity contribution >= 4 is 41.4 Å². The fraction of sp³-hybridized carbons (Fsp3) is 0.0833. The Morgan fingerprint density at radius 3 is 2.32 bits per heavy atom. The van der Waals surface area contributed by atoms with Gasteiger partial charge in [0.1, 0.15) is 4.91 Å². The molecule has 8 nitrogen and oxygen atoms in total. The Labute approximate surface area is 203 Å². The van der Waals surface area contributed by atoms with Crippen LogP contribution in [0.15, 0.2) is 69.1 Å². The fourth-order valence-electron chi connectivity index (χ4n) is 3.41. The monoisotopic (exact) mass is 495 g/mol. The molecule has 0 bridgehead atoms. The van der Waals surface area contributed by atoms with Crippen molar-refractivity contribution in [1.82, 2.24) is 14.8 Å². The number of aliphatic carboxylic acids is 1. The Bertz CT molecular complexity index is 1410. The van der Waals surface area contributed by atoms with E-state index in [1.807, 2.05) is 24.5 Å². The summed E-state index contributed by atoms with van der Waals surface area (Å²) in [7, 11) is 0. The Morgan fingerprint density at radius 1 is 1.03 bits per heavy atom. The molecule has 0 aliphatic heterocycles. The van der Waals surface area contributed by atoms with E-state index < -0.39 is 11.9 Å². The summed E-state index contributed by atoms with van der Waals surface area (Å²) in [4.78, 5) is 23.1. The average molecular weight is 496 g/mol. The van der Waals surface area contributed by atoms with Crippen molar-refractivity contribution in [1.29, 1.82) is 0 Å². The fourth-order valence-corrected chi connectivity index (χ4v) is 4.20. The molecule has 2 aromatic heterocycles. The molecule has 2 N–H and O–H groups in total. The molecule has 4 rings (SSSR count). The zero-order chi connectivity index (χ0) is 24.4. The van der Waals surface area contributed by atoms with Gasteiger partial charge < -0.3 is 19.2 Å².